The maximum absolute atomic E-state index is 9.26. The van der Waals surface area contributed by atoms with E-state index in [1.54, 1.807) is 0 Å². The van der Waals surface area contributed by atoms with E-state index in [-0.39, 0.29) is 0 Å². The Labute approximate surface area is 230 Å². The van der Waals surface area contributed by atoms with Gasteiger partial charge in [-0.3, -0.25) is 4.98 Å². The summed E-state index contributed by atoms with van der Waals surface area (Å²) in [6.07, 6.45) is 1.88. The third kappa shape index (κ3) is 3.30. The number of hydrogen-bond acceptors (Lipinski definition) is 3. The molecule has 3 nitrogen and oxygen atoms in total. The van der Waals surface area contributed by atoms with Crippen molar-refractivity contribution in [1.29, 1.82) is 5.26 Å². The van der Waals surface area contributed by atoms with Gasteiger partial charge >= 0.3 is 0 Å². The van der Waals surface area contributed by atoms with Crippen LogP contribution in [0.25, 0.3) is 76.5 Å². The van der Waals surface area contributed by atoms with E-state index in [4.69, 9.17) is 9.97 Å². The molecule has 184 valence electrons. The smallest absolute Gasteiger partial charge is 0.0991 e. The molecule has 0 unspecified atom stereocenters. The zero-order valence-electron chi connectivity index (χ0n) is 21.5. The Morgan fingerprint density at radius 1 is 0.525 bits per heavy atom. The molecule has 0 aliphatic heterocycles. The van der Waals surface area contributed by atoms with E-state index in [9.17, 15) is 5.26 Å². The SMILES string of the molecule is N#Cc1ccc(-c2ccc(-c3nc4ccccc4c4c3ccc3ccc5cccnc5c34)c3ccccc23)cc1. The molecule has 3 heteroatoms. The highest BCUT2D eigenvalue weighted by Crippen LogP contribution is 2.42. The second-order valence-electron chi connectivity index (χ2n) is 10.1. The molecule has 0 saturated carbocycles. The van der Waals surface area contributed by atoms with Crippen molar-refractivity contribution < 1.29 is 0 Å². The van der Waals surface area contributed by atoms with Crippen molar-refractivity contribution in [2.24, 2.45) is 0 Å². The van der Waals surface area contributed by atoms with Crippen LogP contribution in [-0.2, 0) is 0 Å². The molecule has 8 rings (SSSR count). The van der Waals surface area contributed by atoms with Gasteiger partial charge in [0.05, 0.1) is 28.4 Å². The first-order chi connectivity index (χ1) is 19.8. The van der Waals surface area contributed by atoms with Crippen molar-refractivity contribution in [2.45, 2.75) is 0 Å². The summed E-state index contributed by atoms with van der Waals surface area (Å²) in [4.78, 5) is 10.1. The minimum atomic E-state index is 0.658. The van der Waals surface area contributed by atoms with Gasteiger partial charge in [0.1, 0.15) is 0 Å². The van der Waals surface area contributed by atoms with Gasteiger partial charge in [0.15, 0.2) is 0 Å². The minimum Gasteiger partial charge on any atom is -0.256 e. The summed E-state index contributed by atoms with van der Waals surface area (Å²) in [5.74, 6) is 0. The molecule has 6 aromatic carbocycles. The third-order valence-electron chi connectivity index (χ3n) is 7.92. The van der Waals surface area contributed by atoms with Crippen LogP contribution in [0.1, 0.15) is 5.56 Å². The molecule has 0 amide bonds. The Balaban J connectivity index is 1.50. The molecule has 0 N–H and O–H groups in total. The molecular weight excluding hydrogens is 486 g/mol. The van der Waals surface area contributed by atoms with Gasteiger partial charge in [0, 0.05) is 38.7 Å². The summed E-state index contributed by atoms with van der Waals surface area (Å²) >= 11 is 0. The average molecular weight is 508 g/mol. The molecule has 0 spiro atoms. The van der Waals surface area contributed by atoms with E-state index in [2.05, 4.69) is 97.1 Å². The second-order valence-corrected chi connectivity index (χ2v) is 10.1. The fourth-order valence-electron chi connectivity index (χ4n) is 6.08. The molecule has 2 aromatic heterocycles. The summed E-state index contributed by atoms with van der Waals surface area (Å²) < 4.78 is 0. The highest BCUT2D eigenvalue weighted by molar-refractivity contribution is 6.28. The number of nitrogens with zero attached hydrogens (tertiary/aromatic N) is 3. The highest BCUT2D eigenvalue weighted by atomic mass is 14.7. The minimum absolute atomic E-state index is 0.658. The van der Waals surface area contributed by atoms with Gasteiger partial charge in [-0.15, -0.1) is 0 Å². The maximum atomic E-state index is 9.26. The van der Waals surface area contributed by atoms with Crippen molar-refractivity contribution >= 4 is 54.1 Å². The zero-order valence-corrected chi connectivity index (χ0v) is 21.5. The van der Waals surface area contributed by atoms with E-state index >= 15 is 0 Å². The monoisotopic (exact) mass is 507 g/mol. The number of fused-ring (bicyclic) bond motifs is 8. The molecule has 0 atom stereocenters. The number of rotatable bonds is 2. The number of benzene rings is 6. The Morgan fingerprint density at radius 3 is 2.05 bits per heavy atom. The van der Waals surface area contributed by atoms with Crippen LogP contribution in [-0.4, -0.2) is 9.97 Å². The normalized spacial score (nSPS) is 11.5. The van der Waals surface area contributed by atoms with Crippen LogP contribution in [0.15, 0.2) is 128 Å². The summed E-state index contributed by atoms with van der Waals surface area (Å²) in [5.41, 5.74) is 6.91. The first kappa shape index (κ1) is 22.4. The van der Waals surface area contributed by atoms with Gasteiger partial charge in [-0.05, 0) is 51.6 Å². The number of aromatic nitrogens is 2. The van der Waals surface area contributed by atoms with Crippen molar-refractivity contribution in [2.75, 3.05) is 0 Å². The summed E-state index contributed by atoms with van der Waals surface area (Å²) in [7, 11) is 0. The van der Waals surface area contributed by atoms with E-state index in [0.717, 1.165) is 65.7 Å². The van der Waals surface area contributed by atoms with Crippen LogP contribution >= 0.6 is 0 Å². The van der Waals surface area contributed by atoms with Crippen LogP contribution in [0, 0.1) is 11.3 Å². The molecular formula is C37H21N3. The van der Waals surface area contributed by atoms with Gasteiger partial charge < -0.3 is 0 Å². The first-order valence-corrected chi connectivity index (χ1v) is 13.3. The topological polar surface area (TPSA) is 49.6 Å². The van der Waals surface area contributed by atoms with Gasteiger partial charge in [0.2, 0.25) is 0 Å². The van der Waals surface area contributed by atoms with Crippen molar-refractivity contribution in [3.05, 3.63) is 133 Å². The molecule has 40 heavy (non-hydrogen) atoms. The predicted molar refractivity (Wildman–Crippen MR) is 165 cm³/mol. The Hall–Kier alpha value is -5.59. The van der Waals surface area contributed by atoms with Crippen LogP contribution in [0.4, 0.5) is 0 Å². The maximum Gasteiger partial charge on any atom is 0.0991 e. The molecule has 0 fully saturated rings. The fourth-order valence-corrected chi connectivity index (χ4v) is 6.08. The van der Waals surface area contributed by atoms with Gasteiger partial charge in [0.25, 0.3) is 0 Å². The van der Waals surface area contributed by atoms with E-state index in [0.29, 0.717) is 5.56 Å². The lowest BCUT2D eigenvalue weighted by atomic mass is 9.90. The third-order valence-corrected chi connectivity index (χ3v) is 7.92. The lowest BCUT2D eigenvalue weighted by molar-refractivity contribution is 1.43. The van der Waals surface area contributed by atoms with Crippen molar-refractivity contribution in [3.63, 3.8) is 0 Å². The van der Waals surface area contributed by atoms with Gasteiger partial charge in [-0.25, -0.2) is 4.98 Å². The van der Waals surface area contributed by atoms with E-state index in [1.807, 2.05) is 36.5 Å². The largest absolute Gasteiger partial charge is 0.256 e. The number of pyridine rings is 2. The van der Waals surface area contributed by atoms with Crippen molar-refractivity contribution in [3.8, 4) is 28.5 Å². The van der Waals surface area contributed by atoms with Crippen LogP contribution < -0.4 is 0 Å². The lowest BCUT2D eigenvalue weighted by Crippen LogP contribution is -1.93. The molecule has 0 saturated heterocycles. The van der Waals surface area contributed by atoms with Gasteiger partial charge in [-0.1, -0.05) is 97.1 Å². The van der Waals surface area contributed by atoms with Crippen LogP contribution in [0.2, 0.25) is 0 Å². The highest BCUT2D eigenvalue weighted by Gasteiger charge is 2.17. The Kier molecular flexibility index (Phi) is 4.89. The van der Waals surface area contributed by atoms with E-state index in [1.165, 1.54) is 10.8 Å². The Bertz CT molecular complexity index is 2330. The zero-order chi connectivity index (χ0) is 26.6. The van der Waals surface area contributed by atoms with Crippen molar-refractivity contribution in [1.82, 2.24) is 9.97 Å². The van der Waals surface area contributed by atoms with Crippen LogP contribution in [0.3, 0.4) is 0 Å². The fraction of sp³-hybridized carbons (Fsp3) is 0. The average Bonchev–Trinajstić information content (AvgIpc) is 3.03. The standard InChI is InChI=1S/C37H21N3/c38-22-23-11-13-24(14-12-23)27-19-20-30(29-8-2-1-7-28(27)29)37-32-18-17-25-15-16-26-6-5-21-39-36(26)34(25)35(32)31-9-3-4-10-33(31)40-37/h1-21H. The molecule has 0 radical (unpaired) electrons. The predicted octanol–water partition coefficient (Wildman–Crippen LogP) is 9.45. The van der Waals surface area contributed by atoms with Gasteiger partial charge in [-0.2, -0.15) is 5.26 Å². The summed E-state index contributed by atoms with van der Waals surface area (Å²) in [5, 5.41) is 18.4. The molecule has 2 heterocycles. The number of para-hydroxylation sites is 1. The summed E-state index contributed by atoms with van der Waals surface area (Å²) in [6, 6.07) is 44.2. The van der Waals surface area contributed by atoms with E-state index < -0.39 is 0 Å². The summed E-state index contributed by atoms with van der Waals surface area (Å²) in [6.45, 7) is 0. The van der Waals surface area contributed by atoms with Crippen LogP contribution in [0.5, 0.6) is 0 Å². The number of nitriles is 1. The molecule has 0 aliphatic carbocycles. The molecule has 0 bridgehead atoms. The lowest BCUT2D eigenvalue weighted by Gasteiger charge is -2.16. The molecule has 0 aliphatic rings. The molecule has 8 aromatic rings. The number of hydrogen-bond donors (Lipinski definition) is 0. The Morgan fingerprint density at radius 2 is 1.23 bits per heavy atom. The quantitative estimate of drug-likeness (QED) is 0.219. The first-order valence-electron chi connectivity index (χ1n) is 13.3. The second kappa shape index (κ2) is 8.73.